The SMILES string of the molecule is CC(C)CC(O)C(=O)N1CCc2nc(-c3cccc(F)c3)[nH]c2C1. The minimum absolute atomic E-state index is 0.240. The van der Waals surface area contributed by atoms with Gasteiger partial charge in [-0.1, -0.05) is 26.0 Å². The molecule has 1 atom stereocenters. The fraction of sp³-hybridized carbons (Fsp3) is 0.444. The van der Waals surface area contributed by atoms with Crippen molar-refractivity contribution in [1.82, 2.24) is 14.9 Å². The van der Waals surface area contributed by atoms with Gasteiger partial charge < -0.3 is 15.0 Å². The Morgan fingerprint density at radius 2 is 2.25 bits per heavy atom. The van der Waals surface area contributed by atoms with Crippen LogP contribution >= 0.6 is 0 Å². The van der Waals surface area contributed by atoms with Crippen molar-refractivity contribution < 1.29 is 14.3 Å². The average Bonchev–Trinajstić information content (AvgIpc) is 2.96. The van der Waals surface area contributed by atoms with Crippen LogP contribution in [0.25, 0.3) is 11.4 Å². The molecule has 6 heteroatoms. The first-order valence-electron chi connectivity index (χ1n) is 8.24. The molecule has 1 aromatic heterocycles. The van der Waals surface area contributed by atoms with Crippen molar-refractivity contribution in [2.45, 2.75) is 39.3 Å². The third-order valence-corrected chi connectivity index (χ3v) is 4.22. The van der Waals surface area contributed by atoms with E-state index in [9.17, 15) is 14.3 Å². The molecular weight excluding hydrogens is 309 g/mol. The van der Waals surface area contributed by atoms with Crippen molar-refractivity contribution in [3.63, 3.8) is 0 Å². The number of nitrogens with one attached hydrogen (secondary N) is 1. The van der Waals surface area contributed by atoms with Crippen LogP contribution in [-0.4, -0.2) is 38.5 Å². The van der Waals surface area contributed by atoms with E-state index in [4.69, 9.17) is 0 Å². The molecule has 0 bridgehead atoms. The van der Waals surface area contributed by atoms with Crippen LogP contribution in [-0.2, 0) is 17.8 Å². The molecule has 2 heterocycles. The van der Waals surface area contributed by atoms with Crippen LogP contribution in [0.5, 0.6) is 0 Å². The Bertz CT molecular complexity index is 742. The number of benzene rings is 1. The lowest BCUT2D eigenvalue weighted by Gasteiger charge is -2.28. The summed E-state index contributed by atoms with van der Waals surface area (Å²) in [6.45, 7) is 4.88. The summed E-state index contributed by atoms with van der Waals surface area (Å²) in [6.07, 6.45) is 0.123. The van der Waals surface area contributed by atoms with E-state index in [0.29, 0.717) is 37.3 Å². The maximum atomic E-state index is 13.4. The zero-order chi connectivity index (χ0) is 17.3. The van der Waals surface area contributed by atoms with Gasteiger partial charge in [-0.25, -0.2) is 9.37 Å². The number of nitrogens with zero attached hydrogens (tertiary/aromatic N) is 2. The van der Waals surface area contributed by atoms with E-state index in [0.717, 1.165) is 11.4 Å². The topological polar surface area (TPSA) is 69.2 Å². The van der Waals surface area contributed by atoms with E-state index in [-0.39, 0.29) is 17.6 Å². The summed E-state index contributed by atoms with van der Waals surface area (Å²) in [6, 6.07) is 6.26. The van der Waals surface area contributed by atoms with Crippen LogP contribution in [0.4, 0.5) is 4.39 Å². The zero-order valence-corrected chi connectivity index (χ0v) is 13.9. The second-order valence-electron chi connectivity index (χ2n) is 6.68. The highest BCUT2D eigenvalue weighted by atomic mass is 19.1. The van der Waals surface area contributed by atoms with Gasteiger partial charge in [0.25, 0.3) is 5.91 Å². The number of amides is 1. The minimum Gasteiger partial charge on any atom is -0.383 e. The van der Waals surface area contributed by atoms with Crippen LogP contribution in [0.2, 0.25) is 0 Å². The Balaban J connectivity index is 1.76. The van der Waals surface area contributed by atoms with E-state index in [1.807, 2.05) is 13.8 Å². The van der Waals surface area contributed by atoms with Gasteiger partial charge in [0.2, 0.25) is 0 Å². The van der Waals surface area contributed by atoms with Crippen molar-refractivity contribution in [2.24, 2.45) is 5.92 Å². The normalized spacial score (nSPS) is 15.5. The molecular formula is C18H22FN3O2. The van der Waals surface area contributed by atoms with Crippen molar-refractivity contribution in [3.8, 4) is 11.4 Å². The Labute approximate surface area is 140 Å². The summed E-state index contributed by atoms with van der Waals surface area (Å²) in [4.78, 5) is 21.7. The third-order valence-electron chi connectivity index (χ3n) is 4.22. The molecule has 0 saturated heterocycles. The molecule has 1 aromatic carbocycles. The highest BCUT2D eigenvalue weighted by molar-refractivity contribution is 5.80. The highest BCUT2D eigenvalue weighted by Gasteiger charge is 2.28. The maximum absolute atomic E-state index is 13.4. The van der Waals surface area contributed by atoms with Crippen LogP contribution < -0.4 is 0 Å². The summed E-state index contributed by atoms with van der Waals surface area (Å²) in [5, 5.41) is 10.0. The number of carbonyl (C=O) groups is 1. The van der Waals surface area contributed by atoms with Gasteiger partial charge in [0.05, 0.1) is 17.9 Å². The first-order chi connectivity index (χ1) is 11.4. The molecule has 2 aromatic rings. The quantitative estimate of drug-likeness (QED) is 0.904. The molecule has 0 aliphatic carbocycles. The van der Waals surface area contributed by atoms with Crippen molar-refractivity contribution in [1.29, 1.82) is 0 Å². The van der Waals surface area contributed by atoms with Gasteiger partial charge in [-0.05, 0) is 24.5 Å². The molecule has 0 fully saturated rings. The number of aromatic amines is 1. The van der Waals surface area contributed by atoms with Crippen LogP contribution in [0.15, 0.2) is 24.3 Å². The van der Waals surface area contributed by atoms with E-state index >= 15 is 0 Å². The lowest BCUT2D eigenvalue weighted by molar-refractivity contribution is -0.142. The molecule has 0 spiro atoms. The molecule has 0 saturated carbocycles. The number of hydrogen-bond donors (Lipinski definition) is 2. The lowest BCUT2D eigenvalue weighted by atomic mass is 10.0. The number of H-pyrrole nitrogens is 1. The smallest absolute Gasteiger partial charge is 0.251 e. The van der Waals surface area contributed by atoms with Gasteiger partial charge in [-0.2, -0.15) is 0 Å². The molecule has 1 amide bonds. The monoisotopic (exact) mass is 331 g/mol. The maximum Gasteiger partial charge on any atom is 0.251 e. The fourth-order valence-electron chi connectivity index (χ4n) is 3.01. The van der Waals surface area contributed by atoms with Gasteiger partial charge in [0.15, 0.2) is 0 Å². The number of aliphatic hydroxyl groups excluding tert-OH is 1. The van der Waals surface area contributed by atoms with Crippen LogP contribution in [0.1, 0.15) is 31.7 Å². The Morgan fingerprint density at radius 3 is 2.96 bits per heavy atom. The van der Waals surface area contributed by atoms with Gasteiger partial charge in [-0.3, -0.25) is 4.79 Å². The Hall–Kier alpha value is -2.21. The van der Waals surface area contributed by atoms with Gasteiger partial charge in [0, 0.05) is 18.5 Å². The second-order valence-corrected chi connectivity index (χ2v) is 6.68. The number of imidazole rings is 1. The minimum atomic E-state index is -0.961. The van der Waals surface area contributed by atoms with Crippen molar-refractivity contribution in [2.75, 3.05) is 6.54 Å². The van der Waals surface area contributed by atoms with Crippen LogP contribution in [0.3, 0.4) is 0 Å². The average molecular weight is 331 g/mol. The summed E-state index contributed by atoms with van der Waals surface area (Å²) < 4.78 is 13.4. The number of rotatable bonds is 4. The van der Waals surface area contributed by atoms with E-state index < -0.39 is 6.10 Å². The summed E-state index contributed by atoms with van der Waals surface area (Å²) in [7, 11) is 0. The number of carbonyl (C=O) groups excluding carboxylic acids is 1. The summed E-state index contributed by atoms with van der Waals surface area (Å²) >= 11 is 0. The van der Waals surface area contributed by atoms with Gasteiger partial charge in [0.1, 0.15) is 17.7 Å². The second kappa shape index (κ2) is 6.73. The number of halogens is 1. The van der Waals surface area contributed by atoms with Crippen molar-refractivity contribution >= 4 is 5.91 Å². The number of aromatic nitrogens is 2. The van der Waals surface area contributed by atoms with Crippen LogP contribution in [0, 0.1) is 11.7 Å². The molecule has 0 radical (unpaired) electrons. The molecule has 1 aliphatic heterocycles. The molecule has 3 rings (SSSR count). The summed E-state index contributed by atoms with van der Waals surface area (Å²) in [5.41, 5.74) is 2.43. The van der Waals surface area contributed by atoms with E-state index in [2.05, 4.69) is 9.97 Å². The molecule has 24 heavy (non-hydrogen) atoms. The largest absolute Gasteiger partial charge is 0.383 e. The Morgan fingerprint density at radius 1 is 1.46 bits per heavy atom. The number of hydrogen-bond acceptors (Lipinski definition) is 3. The standard InChI is InChI=1S/C18H22FN3O2/c1-11(2)8-16(23)18(24)22-7-6-14-15(10-22)21-17(20-14)12-4-3-5-13(19)9-12/h3-5,9,11,16,23H,6-8,10H2,1-2H3,(H,20,21). The molecule has 1 unspecified atom stereocenters. The van der Waals surface area contributed by atoms with Gasteiger partial charge in [-0.15, -0.1) is 0 Å². The first-order valence-corrected chi connectivity index (χ1v) is 8.24. The zero-order valence-electron chi connectivity index (χ0n) is 13.9. The van der Waals surface area contributed by atoms with Crippen molar-refractivity contribution in [3.05, 3.63) is 41.5 Å². The number of aliphatic hydroxyl groups is 1. The predicted molar refractivity (Wildman–Crippen MR) is 88.6 cm³/mol. The fourth-order valence-corrected chi connectivity index (χ4v) is 3.01. The summed E-state index contributed by atoms with van der Waals surface area (Å²) in [5.74, 6) is 0.319. The Kier molecular flexibility index (Phi) is 4.66. The van der Waals surface area contributed by atoms with E-state index in [1.54, 1.807) is 17.0 Å². The van der Waals surface area contributed by atoms with Gasteiger partial charge >= 0.3 is 0 Å². The molecule has 1 aliphatic rings. The third kappa shape index (κ3) is 3.48. The molecule has 2 N–H and O–H groups in total. The first kappa shape index (κ1) is 16.6. The van der Waals surface area contributed by atoms with E-state index in [1.165, 1.54) is 12.1 Å². The number of fused-ring (bicyclic) bond motifs is 1. The highest BCUT2D eigenvalue weighted by Crippen LogP contribution is 2.24. The predicted octanol–water partition coefficient (Wildman–Crippen LogP) is 2.51. The molecule has 5 nitrogen and oxygen atoms in total. The molecule has 128 valence electrons. The lowest BCUT2D eigenvalue weighted by Crippen LogP contribution is -2.42.